The number of benzene rings is 1. The highest BCUT2D eigenvalue weighted by molar-refractivity contribution is 5.70. The lowest BCUT2D eigenvalue weighted by molar-refractivity contribution is -0.142. The quantitative estimate of drug-likeness (QED) is 0.859. The van der Waals surface area contributed by atoms with Crippen molar-refractivity contribution in [3.8, 4) is 0 Å². The van der Waals surface area contributed by atoms with E-state index >= 15 is 0 Å². The SMILES string of the molecule is CC(C)N(Cc1ccccc1)c1cc(N2CCC(C(=O)O)CC2)ncn1. The average Bonchev–Trinajstić information content (AvgIpc) is 2.67. The van der Waals surface area contributed by atoms with Crippen molar-refractivity contribution < 1.29 is 9.90 Å². The maximum Gasteiger partial charge on any atom is 0.306 e. The lowest BCUT2D eigenvalue weighted by Crippen LogP contribution is -2.37. The molecule has 0 bridgehead atoms. The second-order valence-electron chi connectivity index (χ2n) is 7.04. The number of aromatic nitrogens is 2. The van der Waals surface area contributed by atoms with E-state index in [0.717, 1.165) is 18.2 Å². The van der Waals surface area contributed by atoms with E-state index in [1.54, 1.807) is 6.33 Å². The highest BCUT2D eigenvalue weighted by Crippen LogP contribution is 2.25. The number of hydrogen-bond donors (Lipinski definition) is 1. The Kier molecular flexibility index (Phi) is 5.71. The zero-order valence-electron chi connectivity index (χ0n) is 15.4. The molecule has 0 radical (unpaired) electrons. The molecule has 1 aromatic carbocycles. The Morgan fingerprint density at radius 2 is 1.92 bits per heavy atom. The number of piperidine rings is 1. The van der Waals surface area contributed by atoms with E-state index in [4.69, 9.17) is 5.11 Å². The van der Waals surface area contributed by atoms with Crippen LogP contribution in [0.3, 0.4) is 0 Å². The zero-order chi connectivity index (χ0) is 18.5. The lowest BCUT2D eigenvalue weighted by atomic mass is 9.97. The summed E-state index contributed by atoms with van der Waals surface area (Å²) >= 11 is 0. The van der Waals surface area contributed by atoms with Crippen LogP contribution < -0.4 is 9.80 Å². The van der Waals surface area contributed by atoms with Gasteiger partial charge in [0, 0.05) is 31.7 Å². The fourth-order valence-electron chi connectivity index (χ4n) is 3.33. The lowest BCUT2D eigenvalue weighted by Gasteiger charge is -2.32. The topological polar surface area (TPSA) is 69.6 Å². The number of nitrogens with zero attached hydrogens (tertiary/aromatic N) is 4. The van der Waals surface area contributed by atoms with Crippen LogP contribution >= 0.6 is 0 Å². The van der Waals surface area contributed by atoms with Crippen LogP contribution in [0, 0.1) is 5.92 Å². The minimum absolute atomic E-state index is 0.238. The van der Waals surface area contributed by atoms with Crippen molar-refractivity contribution in [3.63, 3.8) is 0 Å². The molecule has 2 heterocycles. The number of rotatable bonds is 6. The van der Waals surface area contributed by atoms with Gasteiger partial charge in [-0.05, 0) is 32.3 Å². The van der Waals surface area contributed by atoms with E-state index in [9.17, 15) is 4.79 Å². The predicted molar refractivity (Wildman–Crippen MR) is 102 cm³/mol. The van der Waals surface area contributed by atoms with E-state index in [0.29, 0.717) is 32.0 Å². The number of anilines is 2. The third kappa shape index (κ3) is 4.31. The summed E-state index contributed by atoms with van der Waals surface area (Å²) in [5.74, 6) is 0.839. The first-order valence-electron chi connectivity index (χ1n) is 9.15. The van der Waals surface area contributed by atoms with Crippen LogP contribution in [0.1, 0.15) is 32.3 Å². The van der Waals surface area contributed by atoms with Gasteiger partial charge in [-0.25, -0.2) is 9.97 Å². The molecule has 1 aromatic heterocycles. The molecule has 0 amide bonds. The normalized spacial score (nSPS) is 15.3. The van der Waals surface area contributed by atoms with Crippen molar-refractivity contribution >= 4 is 17.6 Å². The first-order valence-corrected chi connectivity index (χ1v) is 9.15. The summed E-state index contributed by atoms with van der Waals surface area (Å²) in [5.41, 5.74) is 1.24. The molecule has 3 rings (SSSR count). The van der Waals surface area contributed by atoms with Gasteiger partial charge in [0.15, 0.2) is 0 Å². The van der Waals surface area contributed by atoms with Crippen LogP contribution in [0.25, 0.3) is 0 Å². The smallest absolute Gasteiger partial charge is 0.306 e. The summed E-state index contributed by atoms with van der Waals surface area (Å²) in [6.45, 7) is 6.53. The number of carbonyl (C=O) groups is 1. The van der Waals surface area contributed by atoms with E-state index in [-0.39, 0.29) is 5.92 Å². The predicted octanol–water partition coefficient (Wildman–Crippen LogP) is 3.19. The summed E-state index contributed by atoms with van der Waals surface area (Å²) in [7, 11) is 0. The minimum atomic E-state index is -0.693. The fourth-order valence-corrected chi connectivity index (χ4v) is 3.33. The Morgan fingerprint density at radius 3 is 2.54 bits per heavy atom. The average molecular weight is 354 g/mol. The molecule has 0 spiro atoms. The van der Waals surface area contributed by atoms with Gasteiger partial charge in [0.2, 0.25) is 0 Å². The van der Waals surface area contributed by atoms with Gasteiger partial charge < -0.3 is 14.9 Å². The number of aliphatic carboxylic acids is 1. The van der Waals surface area contributed by atoms with E-state index < -0.39 is 5.97 Å². The van der Waals surface area contributed by atoms with Crippen LogP contribution in [0.2, 0.25) is 0 Å². The van der Waals surface area contributed by atoms with Crippen LogP contribution in [-0.4, -0.2) is 40.2 Å². The molecule has 1 aliphatic rings. The Balaban J connectivity index is 1.75. The van der Waals surface area contributed by atoms with E-state index in [1.807, 2.05) is 24.3 Å². The first-order chi connectivity index (χ1) is 12.5. The van der Waals surface area contributed by atoms with Gasteiger partial charge in [0.1, 0.15) is 18.0 Å². The van der Waals surface area contributed by atoms with Crippen molar-refractivity contribution in [2.24, 2.45) is 5.92 Å². The largest absolute Gasteiger partial charge is 0.481 e. The maximum absolute atomic E-state index is 11.1. The molecule has 138 valence electrons. The number of hydrogen-bond acceptors (Lipinski definition) is 5. The molecule has 0 aliphatic carbocycles. The highest BCUT2D eigenvalue weighted by atomic mass is 16.4. The van der Waals surface area contributed by atoms with Crippen LogP contribution in [0.4, 0.5) is 11.6 Å². The molecule has 0 unspecified atom stereocenters. The first kappa shape index (κ1) is 18.2. The Morgan fingerprint density at radius 1 is 1.23 bits per heavy atom. The van der Waals surface area contributed by atoms with Gasteiger partial charge in [-0.3, -0.25) is 4.79 Å². The van der Waals surface area contributed by atoms with Gasteiger partial charge in [-0.2, -0.15) is 0 Å². The molecule has 1 fully saturated rings. The second-order valence-corrected chi connectivity index (χ2v) is 7.04. The third-order valence-electron chi connectivity index (χ3n) is 4.92. The highest BCUT2D eigenvalue weighted by Gasteiger charge is 2.25. The van der Waals surface area contributed by atoms with Crippen molar-refractivity contribution in [1.29, 1.82) is 0 Å². The number of carboxylic acids is 1. The summed E-state index contributed by atoms with van der Waals surface area (Å²) < 4.78 is 0. The van der Waals surface area contributed by atoms with Gasteiger partial charge >= 0.3 is 5.97 Å². The molecule has 6 nitrogen and oxygen atoms in total. The van der Waals surface area contributed by atoms with Gasteiger partial charge in [-0.15, -0.1) is 0 Å². The van der Waals surface area contributed by atoms with Crippen LogP contribution in [0.5, 0.6) is 0 Å². The summed E-state index contributed by atoms with van der Waals surface area (Å²) in [6, 6.07) is 12.7. The van der Waals surface area contributed by atoms with Crippen molar-refractivity contribution in [1.82, 2.24) is 9.97 Å². The second kappa shape index (κ2) is 8.17. The van der Waals surface area contributed by atoms with Gasteiger partial charge in [0.05, 0.1) is 5.92 Å². The molecule has 26 heavy (non-hydrogen) atoms. The van der Waals surface area contributed by atoms with Crippen molar-refractivity contribution in [2.45, 2.75) is 39.3 Å². The molecule has 1 N–H and O–H groups in total. The minimum Gasteiger partial charge on any atom is -0.481 e. The Labute approximate surface area is 154 Å². The molecule has 2 aromatic rings. The van der Waals surface area contributed by atoms with E-state index in [1.165, 1.54) is 5.56 Å². The molecular formula is C20H26N4O2. The molecule has 0 saturated carbocycles. The zero-order valence-corrected chi connectivity index (χ0v) is 15.4. The summed E-state index contributed by atoms with van der Waals surface area (Å²) in [4.78, 5) is 24.5. The Hall–Kier alpha value is -2.63. The molecular weight excluding hydrogens is 328 g/mol. The third-order valence-corrected chi connectivity index (χ3v) is 4.92. The van der Waals surface area contributed by atoms with Crippen molar-refractivity contribution in [3.05, 3.63) is 48.3 Å². The fraction of sp³-hybridized carbons (Fsp3) is 0.450. The van der Waals surface area contributed by atoms with Crippen LogP contribution in [-0.2, 0) is 11.3 Å². The monoisotopic (exact) mass is 354 g/mol. The molecule has 0 atom stereocenters. The Bertz CT molecular complexity index is 728. The maximum atomic E-state index is 11.1. The van der Waals surface area contributed by atoms with E-state index in [2.05, 4.69) is 45.7 Å². The molecule has 6 heteroatoms. The van der Waals surface area contributed by atoms with Crippen molar-refractivity contribution in [2.75, 3.05) is 22.9 Å². The van der Waals surface area contributed by atoms with Gasteiger partial charge in [-0.1, -0.05) is 30.3 Å². The van der Waals surface area contributed by atoms with Crippen LogP contribution in [0.15, 0.2) is 42.7 Å². The van der Waals surface area contributed by atoms with Gasteiger partial charge in [0.25, 0.3) is 0 Å². The standard InChI is InChI=1S/C20H26N4O2/c1-15(2)24(13-16-6-4-3-5-7-16)19-12-18(21-14-22-19)23-10-8-17(9-11-23)20(25)26/h3-7,12,14-15,17H,8-11,13H2,1-2H3,(H,25,26). The number of carboxylic acid groups (broad SMARTS) is 1. The molecule has 1 saturated heterocycles. The summed E-state index contributed by atoms with van der Waals surface area (Å²) in [6.07, 6.45) is 2.92. The summed E-state index contributed by atoms with van der Waals surface area (Å²) in [5, 5.41) is 9.16. The molecule has 1 aliphatic heterocycles.